The zero-order chi connectivity index (χ0) is 30.7. The first-order valence-corrected chi connectivity index (χ1v) is 19.4. The fourth-order valence-electron chi connectivity index (χ4n) is 7.06. The highest BCUT2D eigenvalue weighted by Crippen LogP contribution is 2.43. The first-order valence-electron chi connectivity index (χ1n) is 16.3. The van der Waals surface area contributed by atoms with Crippen molar-refractivity contribution in [3.05, 3.63) is 170 Å². The van der Waals surface area contributed by atoms with Crippen molar-refractivity contribution < 1.29 is 0 Å². The zero-order valence-corrected chi connectivity index (χ0v) is 27.7. The average Bonchev–Trinajstić information content (AvgIpc) is 3.13. The Kier molecular flexibility index (Phi) is 8.33. The van der Waals surface area contributed by atoms with Crippen molar-refractivity contribution in [2.45, 2.75) is 12.8 Å². The summed E-state index contributed by atoms with van der Waals surface area (Å²) in [6, 6.07) is 63.5. The molecule has 0 saturated carbocycles. The molecule has 0 nitrogen and oxygen atoms in total. The van der Waals surface area contributed by atoms with Gasteiger partial charge in [-0.3, -0.25) is 0 Å². The van der Waals surface area contributed by atoms with Crippen LogP contribution in [0, 0.1) is 0 Å². The fraction of sp³-hybridized carbons (Fsp3) is 0.0909. The maximum Gasteiger partial charge on any atom is -0.0104 e. The van der Waals surface area contributed by atoms with Gasteiger partial charge in [0.05, 0.1) is 0 Å². The summed E-state index contributed by atoms with van der Waals surface area (Å²) in [5.74, 6) is 0. The van der Waals surface area contributed by atoms with Gasteiger partial charge >= 0.3 is 0 Å². The van der Waals surface area contributed by atoms with Crippen molar-refractivity contribution in [2.75, 3.05) is 12.3 Å². The molecule has 8 rings (SSSR count). The molecule has 8 aromatic carbocycles. The van der Waals surface area contributed by atoms with Crippen LogP contribution in [0.1, 0.15) is 12.8 Å². The molecule has 222 valence electrons. The Labute approximate surface area is 274 Å². The summed E-state index contributed by atoms with van der Waals surface area (Å²) in [4.78, 5) is 0. The van der Waals surface area contributed by atoms with E-state index in [0.29, 0.717) is 0 Å². The minimum atomic E-state index is -0.539. The van der Waals surface area contributed by atoms with Crippen LogP contribution in [0.3, 0.4) is 0 Å². The van der Waals surface area contributed by atoms with Gasteiger partial charge in [0, 0.05) is 0 Å². The van der Waals surface area contributed by atoms with Crippen LogP contribution in [0.15, 0.2) is 170 Å². The van der Waals surface area contributed by atoms with E-state index in [4.69, 9.17) is 0 Å². The van der Waals surface area contributed by atoms with E-state index in [9.17, 15) is 0 Å². The Balaban J connectivity index is 1.16. The van der Waals surface area contributed by atoms with Crippen molar-refractivity contribution >= 4 is 80.2 Å². The molecule has 0 unspecified atom stereocenters. The lowest BCUT2D eigenvalue weighted by atomic mass is 10.1. The number of unbranched alkanes of at least 4 members (excludes halogenated alkanes) is 1. The lowest BCUT2D eigenvalue weighted by Crippen LogP contribution is -2.18. The maximum atomic E-state index is 2.40. The molecule has 0 radical (unpaired) electrons. The van der Waals surface area contributed by atoms with Crippen LogP contribution in [0.25, 0.3) is 43.1 Å². The molecule has 2 heteroatoms. The Morgan fingerprint density at radius 2 is 0.500 bits per heavy atom. The van der Waals surface area contributed by atoms with Gasteiger partial charge in [-0.05, 0) is 105 Å². The lowest BCUT2D eigenvalue weighted by Gasteiger charge is -2.24. The first-order chi connectivity index (χ1) is 22.8. The third-order valence-corrected chi connectivity index (χ3v) is 14.7. The second-order valence-corrected chi connectivity index (χ2v) is 16.5. The number of hydrogen-bond donors (Lipinski definition) is 0. The van der Waals surface area contributed by atoms with Crippen LogP contribution in [-0.2, 0) is 0 Å². The minimum absolute atomic E-state index is 0.539. The van der Waals surface area contributed by atoms with Crippen molar-refractivity contribution in [3.8, 4) is 0 Å². The third-order valence-electron chi connectivity index (χ3n) is 9.24. The molecular weight excluding hydrogens is 590 g/mol. The van der Waals surface area contributed by atoms with Crippen LogP contribution in [0.2, 0.25) is 0 Å². The molecule has 0 aliphatic rings. The van der Waals surface area contributed by atoms with Gasteiger partial charge in [0.1, 0.15) is 0 Å². The molecule has 0 bridgehead atoms. The number of hydrogen-bond acceptors (Lipinski definition) is 0. The van der Waals surface area contributed by atoms with Gasteiger partial charge in [-0.2, -0.15) is 0 Å². The summed E-state index contributed by atoms with van der Waals surface area (Å²) in [7, 11) is -1.08. The van der Waals surface area contributed by atoms with Gasteiger partial charge in [-0.1, -0.05) is 170 Å². The summed E-state index contributed by atoms with van der Waals surface area (Å²) in [5, 5.41) is 17.0. The van der Waals surface area contributed by atoms with E-state index in [0.717, 1.165) is 0 Å². The first kappa shape index (κ1) is 29.1. The lowest BCUT2D eigenvalue weighted by molar-refractivity contribution is 0.902. The SMILES string of the molecule is c1ccc2c(P(CCCCP(c3cccc4ccccc34)c3cccc4ccccc34)c3cccc4ccccc34)cccc2c1. The smallest absolute Gasteiger partial charge is 0.0104 e. The number of fused-ring (bicyclic) bond motifs is 4. The Morgan fingerprint density at radius 3 is 0.783 bits per heavy atom. The van der Waals surface area contributed by atoms with Crippen LogP contribution in [0.4, 0.5) is 0 Å². The topological polar surface area (TPSA) is 0 Å². The van der Waals surface area contributed by atoms with Crippen molar-refractivity contribution in [1.82, 2.24) is 0 Å². The molecule has 0 fully saturated rings. The van der Waals surface area contributed by atoms with E-state index in [-0.39, 0.29) is 0 Å². The summed E-state index contributed by atoms with van der Waals surface area (Å²) in [6.45, 7) is 0. The fourth-order valence-corrected chi connectivity index (χ4v) is 12.7. The van der Waals surface area contributed by atoms with Gasteiger partial charge < -0.3 is 0 Å². The van der Waals surface area contributed by atoms with Gasteiger partial charge in [0.2, 0.25) is 0 Å². The largest absolute Gasteiger partial charge is 0.0616 e. The van der Waals surface area contributed by atoms with Crippen molar-refractivity contribution in [2.24, 2.45) is 0 Å². The quantitative estimate of drug-likeness (QED) is 0.110. The average molecular weight is 627 g/mol. The Hall–Kier alpha value is -4.34. The molecule has 0 aromatic heterocycles. The van der Waals surface area contributed by atoms with Crippen molar-refractivity contribution in [1.29, 1.82) is 0 Å². The van der Waals surface area contributed by atoms with E-state index in [1.165, 1.54) is 89.5 Å². The molecule has 0 amide bonds. The van der Waals surface area contributed by atoms with Crippen LogP contribution < -0.4 is 21.2 Å². The van der Waals surface area contributed by atoms with Crippen LogP contribution in [0.5, 0.6) is 0 Å². The molecule has 0 saturated heterocycles. The minimum Gasteiger partial charge on any atom is -0.0616 e. The highest BCUT2D eigenvalue weighted by molar-refractivity contribution is 7.74. The Bertz CT molecular complexity index is 1960. The zero-order valence-electron chi connectivity index (χ0n) is 25.9. The molecule has 0 aliphatic carbocycles. The highest BCUT2D eigenvalue weighted by Gasteiger charge is 2.21. The molecule has 0 atom stereocenters. The second kappa shape index (κ2) is 13.2. The summed E-state index contributed by atoms with van der Waals surface area (Å²) < 4.78 is 0. The van der Waals surface area contributed by atoms with E-state index in [1.54, 1.807) is 0 Å². The van der Waals surface area contributed by atoms with Gasteiger partial charge in [0.15, 0.2) is 0 Å². The Morgan fingerprint density at radius 1 is 0.261 bits per heavy atom. The van der Waals surface area contributed by atoms with Gasteiger partial charge in [0.25, 0.3) is 0 Å². The second-order valence-electron chi connectivity index (χ2n) is 12.0. The van der Waals surface area contributed by atoms with E-state index < -0.39 is 15.8 Å². The highest BCUT2D eigenvalue weighted by atomic mass is 31.1. The van der Waals surface area contributed by atoms with Gasteiger partial charge in [-0.15, -0.1) is 0 Å². The number of benzene rings is 8. The van der Waals surface area contributed by atoms with Crippen molar-refractivity contribution in [3.63, 3.8) is 0 Å². The van der Waals surface area contributed by atoms with E-state index in [1.807, 2.05) is 0 Å². The molecule has 46 heavy (non-hydrogen) atoms. The molecule has 0 heterocycles. The number of rotatable bonds is 9. The molecular formula is C44H36P2. The normalized spacial score (nSPS) is 11.8. The molecule has 8 aromatic rings. The maximum absolute atomic E-state index is 2.40. The van der Waals surface area contributed by atoms with E-state index >= 15 is 0 Å². The van der Waals surface area contributed by atoms with Crippen LogP contribution >= 0.6 is 15.8 Å². The standard InChI is InChI=1S/C44H36P2/c1-5-23-37-33(15-1)19-11-27-41(37)45(42-28-12-20-34-16-2-6-24-38(34)42)31-9-10-32-46(43-29-13-21-35-17-3-7-25-39(35)43)44-30-14-22-36-18-4-8-26-40(36)44/h1-8,11-30H,9-10,31-32H2. The predicted octanol–water partition coefficient (Wildman–Crippen LogP) is 10.6. The summed E-state index contributed by atoms with van der Waals surface area (Å²) >= 11 is 0. The predicted molar refractivity (Wildman–Crippen MR) is 207 cm³/mol. The summed E-state index contributed by atoms with van der Waals surface area (Å²) in [6.07, 6.45) is 4.77. The molecule has 0 spiro atoms. The van der Waals surface area contributed by atoms with E-state index in [2.05, 4.69) is 170 Å². The molecule has 0 N–H and O–H groups in total. The van der Waals surface area contributed by atoms with Crippen LogP contribution in [-0.4, -0.2) is 12.3 Å². The summed E-state index contributed by atoms with van der Waals surface area (Å²) in [5.41, 5.74) is 0. The van der Waals surface area contributed by atoms with Gasteiger partial charge in [-0.25, -0.2) is 0 Å². The monoisotopic (exact) mass is 626 g/mol. The molecule has 0 aliphatic heterocycles. The third kappa shape index (κ3) is 5.62.